The van der Waals surface area contributed by atoms with Crippen LogP contribution in [0.15, 0.2) is 0 Å². The smallest absolute Gasteiger partial charge is 0.240 e. The molecule has 1 fully saturated rings. The summed E-state index contributed by atoms with van der Waals surface area (Å²) in [6.07, 6.45) is 3.74. The van der Waals surface area contributed by atoms with Gasteiger partial charge in [0.05, 0.1) is 12.2 Å². The molecule has 1 heterocycles. The molecule has 96 valence electrons. The second kappa shape index (κ2) is 7.29. The standard InChI is InChI=1S/C13H22N2O2/c1-3-8-17-12-6-5-7-15(10-12)13(16)11(4-2)9-14/h11-12H,3-8,10H2,1-2H3. The number of carbonyl (C=O) groups excluding carboxylic acids is 1. The minimum absolute atomic E-state index is 0.0280. The number of hydrogen-bond acceptors (Lipinski definition) is 3. The predicted molar refractivity (Wildman–Crippen MR) is 65.2 cm³/mol. The van der Waals surface area contributed by atoms with Crippen molar-refractivity contribution < 1.29 is 9.53 Å². The molecule has 0 bridgehead atoms. The van der Waals surface area contributed by atoms with Crippen molar-refractivity contribution in [1.29, 1.82) is 5.26 Å². The summed E-state index contributed by atoms with van der Waals surface area (Å²) in [7, 11) is 0. The van der Waals surface area contributed by atoms with Crippen LogP contribution >= 0.6 is 0 Å². The molecule has 4 heteroatoms. The summed E-state index contributed by atoms with van der Waals surface area (Å²) >= 11 is 0. The average molecular weight is 238 g/mol. The fraction of sp³-hybridized carbons (Fsp3) is 0.846. The molecule has 1 aliphatic heterocycles. The Morgan fingerprint density at radius 2 is 2.35 bits per heavy atom. The number of amides is 1. The summed E-state index contributed by atoms with van der Waals surface area (Å²) in [6, 6.07) is 2.07. The Morgan fingerprint density at radius 1 is 1.59 bits per heavy atom. The maximum Gasteiger partial charge on any atom is 0.240 e. The van der Waals surface area contributed by atoms with Crippen LogP contribution in [0.2, 0.25) is 0 Å². The van der Waals surface area contributed by atoms with Gasteiger partial charge in [-0.3, -0.25) is 4.79 Å². The molecule has 0 saturated carbocycles. The van der Waals surface area contributed by atoms with Crippen molar-refractivity contribution in [3.05, 3.63) is 0 Å². The van der Waals surface area contributed by atoms with Crippen LogP contribution in [0.5, 0.6) is 0 Å². The van der Waals surface area contributed by atoms with E-state index >= 15 is 0 Å². The monoisotopic (exact) mass is 238 g/mol. The number of nitriles is 1. The maximum atomic E-state index is 12.0. The highest BCUT2D eigenvalue weighted by molar-refractivity contribution is 5.81. The molecule has 4 nitrogen and oxygen atoms in total. The van der Waals surface area contributed by atoms with Crippen LogP contribution in [0, 0.1) is 17.2 Å². The Labute approximate surface area is 104 Å². The Hall–Kier alpha value is -1.08. The van der Waals surface area contributed by atoms with Gasteiger partial charge in [0.25, 0.3) is 0 Å². The van der Waals surface area contributed by atoms with E-state index in [0.717, 1.165) is 32.4 Å². The molecule has 0 N–H and O–H groups in total. The van der Waals surface area contributed by atoms with Gasteiger partial charge in [-0.1, -0.05) is 13.8 Å². The van der Waals surface area contributed by atoms with Gasteiger partial charge in [-0.2, -0.15) is 5.26 Å². The summed E-state index contributed by atoms with van der Waals surface area (Å²) in [5.74, 6) is -0.514. The van der Waals surface area contributed by atoms with Crippen molar-refractivity contribution in [2.24, 2.45) is 5.92 Å². The van der Waals surface area contributed by atoms with E-state index in [2.05, 4.69) is 13.0 Å². The maximum absolute atomic E-state index is 12.0. The van der Waals surface area contributed by atoms with E-state index in [-0.39, 0.29) is 12.0 Å². The number of hydrogen-bond donors (Lipinski definition) is 0. The average Bonchev–Trinajstić information content (AvgIpc) is 2.38. The highest BCUT2D eigenvalue weighted by Gasteiger charge is 2.28. The molecule has 1 rings (SSSR count). The zero-order chi connectivity index (χ0) is 12.7. The van der Waals surface area contributed by atoms with Crippen LogP contribution in [-0.2, 0) is 9.53 Å². The van der Waals surface area contributed by atoms with Gasteiger partial charge in [0, 0.05) is 19.7 Å². The van der Waals surface area contributed by atoms with E-state index < -0.39 is 5.92 Å². The first-order valence-corrected chi connectivity index (χ1v) is 6.52. The Kier molecular flexibility index (Phi) is 5.99. The summed E-state index contributed by atoms with van der Waals surface area (Å²) in [6.45, 7) is 6.12. The lowest BCUT2D eigenvalue weighted by atomic mass is 10.0. The fourth-order valence-corrected chi connectivity index (χ4v) is 2.10. The summed E-state index contributed by atoms with van der Waals surface area (Å²) in [4.78, 5) is 13.8. The van der Waals surface area contributed by atoms with Crippen molar-refractivity contribution in [3.63, 3.8) is 0 Å². The Morgan fingerprint density at radius 3 is 2.94 bits per heavy atom. The first kappa shape index (κ1) is 14.0. The molecule has 2 atom stereocenters. The summed E-state index contributed by atoms with van der Waals surface area (Å²) in [5.41, 5.74) is 0. The van der Waals surface area contributed by atoms with E-state index in [4.69, 9.17) is 10.00 Å². The summed E-state index contributed by atoms with van der Waals surface area (Å²) < 4.78 is 5.68. The van der Waals surface area contributed by atoms with E-state index in [1.54, 1.807) is 4.90 Å². The van der Waals surface area contributed by atoms with Crippen LogP contribution in [-0.4, -0.2) is 36.6 Å². The number of nitrogens with zero attached hydrogens (tertiary/aromatic N) is 2. The van der Waals surface area contributed by atoms with Crippen LogP contribution in [0.25, 0.3) is 0 Å². The fourth-order valence-electron chi connectivity index (χ4n) is 2.10. The van der Waals surface area contributed by atoms with Gasteiger partial charge < -0.3 is 9.64 Å². The molecular formula is C13H22N2O2. The van der Waals surface area contributed by atoms with Crippen molar-refractivity contribution in [2.45, 2.75) is 45.6 Å². The van der Waals surface area contributed by atoms with Gasteiger partial charge in [-0.25, -0.2) is 0 Å². The molecule has 2 unspecified atom stereocenters. The normalized spacial score (nSPS) is 21.9. The van der Waals surface area contributed by atoms with Gasteiger partial charge >= 0.3 is 0 Å². The van der Waals surface area contributed by atoms with Crippen LogP contribution in [0.3, 0.4) is 0 Å². The van der Waals surface area contributed by atoms with Crippen molar-refractivity contribution >= 4 is 5.91 Å². The highest BCUT2D eigenvalue weighted by Crippen LogP contribution is 2.17. The van der Waals surface area contributed by atoms with E-state index in [0.29, 0.717) is 13.0 Å². The van der Waals surface area contributed by atoms with Crippen molar-refractivity contribution in [2.75, 3.05) is 19.7 Å². The molecule has 0 aromatic rings. The molecular weight excluding hydrogens is 216 g/mol. The van der Waals surface area contributed by atoms with Crippen LogP contribution < -0.4 is 0 Å². The molecule has 0 radical (unpaired) electrons. The number of likely N-dealkylation sites (tertiary alicyclic amines) is 1. The molecule has 1 amide bonds. The van der Waals surface area contributed by atoms with Gasteiger partial charge in [0.1, 0.15) is 5.92 Å². The Bertz CT molecular complexity index is 286. The number of ether oxygens (including phenoxy) is 1. The zero-order valence-electron chi connectivity index (χ0n) is 10.8. The molecule has 1 saturated heterocycles. The highest BCUT2D eigenvalue weighted by atomic mass is 16.5. The first-order chi connectivity index (χ1) is 8.22. The second-order valence-electron chi connectivity index (χ2n) is 4.51. The van der Waals surface area contributed by atoms with Gasteiger partial charge in [0.2, 0.25) is 5.91 Å². The SMILES string of the molecule is CCCOC1CCCN(C(=O)C(C#N)CC)C1. The lowest BCUT2D eigenvalue weighted by Crippen LogP contribution is -2.45. The zero-order valence-corrected chi connectivity index (χ0v) is 10.8. The minimum atomic E-state index is -0.486. The quantitative estimate of drug-likeness (QED) is 0.735. The van der Waals surface area contributed by atoms with Crippen molar-refractivity contribution in [1.82, 2.24) is 4.90 Å². The molecule has 0 aromatic carbocycles. The molecule has 17 heavy (non-hydrogen) atoms. The third kappa shape index (κ3) is 4.01. The van der Waals surface area contributed by atoms with E-state index in [1.165, 1.54) is 0 Å². The molecule has 1 aliphatic rings. The summed E-state index contributed by atoms with van der Waals surface area (Å²) in [5, 5.41) is 8.91. The Balaban J connectivity index is 2.48. The number of piperidine rings is 1. The van der Waals surface area contributed by atoms with Crippen LogP contribution in [0.4, 0.5) is 0 Å². The number of carbonyl (C=O) groups is 1. The van der Waals surface area contributed by atoms with Gasteiger partial charge in [0.15, 0.2) is 0 Å². The topological polar surface area (TPSA) is 53.3 Å². The minimum Gasteiger partial charge on any atom is -0.376 e. The van der Waals surface area contributed by atoms with Gasteiger partial charge in [-0.05, 0) is 25.7 Å². The lowest BCUT2D eigenvalue weighted by molar-refractivity contribution is -0.138. The largest absolute Gasteiger partial charge is 0.376 e. The van der Waals surface area contributed by atoms with Crippen molar-refractivity contribution in [3.8, 4) is 6.07 Å². The second-order valence-corrected chi connectivity index (χ2v) is 4.51. The lowest BCUT2D eigenvalue weighted by Gasteiger charge is -2.33. The van der Waals surface area contributed by atoms with Crippen LogP contribution in [0.1, 0.15) is 39.5 Å². The van der Waals surface area contributed by atoms with E-state index in [9.17, 15) is 4.79 Å². The predicted octanol–water partition coefficient (Wildman–Crippen LogP) is 1.95. The first-order valence-electron chi connectivity index (χ1n) is 6.52. The third-order valence-corrected chi connectivity index (χ3v) is 3.11. The molecule has 0 aromatic heterocycles. The molecule has 0 spiro atoms. The van der Waals surface area contributed by atoms with Gasteiger partial charge in [-0.15, -0.1) is 0 Å². The van der Waals surface area contributed by atoms with E-state index in [1.807, 2.05) is 6.92 Å². The third-order valence-electron chi connectivity index (χ3n) is 3.11. The number of rotatable bonds is 5. The molecule has 0 aliphatic carbocycles.